The fourth-order valence-corrected chi connectivity index (χ4v) is 1.65. The number of aryl methyl sites for hydroxylation is 1. The monoisotopic (exact) mass is 230 g/mol. The van der Waals surface area contributed by atoms with E-state index in [1.165, 1.54) is 0 Å². The summed E-state index contributed by atoms with van der Waals surface area (Å²) in [7, 11) is 0. The molecule has 0 radical (unpaired) electrons. The van der Waals surface area contributed by atoms with Gasteiger partial charge in [0.05, 0.1) is 16.4 Å². The molecule has 1 rings (SSSR count). The lowest BCUT2D eigenvalue weighted by atomic mass is 10.2. The first-order valence-electron chi connectivity index (χ1n) is 4.86. The number of nitrogens with zero attached hydrogens (tertiary/aromatic N) is 2. The van der Waals surface area contributed by atoms with Gasteiger partial charge in [0.1, 0.15) is 0 Å². The topological polar surface area (TPSA) is 55.1 Å². The van der Waals surface area contributed by atoms with E-state index in [0.717, 1.165) is 11.4 Å². The molecule has 0 aliphatic heterocycles. The second-order valence-electron chi connectivity index (χ2n) is 3.71. The molecule has 5 heteroatoms. The Kier molecular flexibility index (Phi) is 3.74. The van der Waals surface area contributed by atoms with Gasteiger partial charge in [-0.1, -0.05) is 11.6 Å². The highest BCUT2D eigenvalue weighted by molar-refractivity contribution is 6.31. The van der Waals surface area contributed by atoms with Crippen LogP contribution in [0, 0.1) is 13.8 Å². The first-order valence-corrected chi connectivity index (χ1v) is 5.24. The third-order valence-electron chi connectivity index (χ3n) is 2.43. The van der Waals surface area contributed by atoms with Crippen molar-refractivity contribution in [3.05, 3.63) is 16.4 Å². The maximum atomic E-state index is 10.4. The molecule has 0 aromatic carbocycles. The van der Waals surface area contributed by atoms with Gasteiger partial charge in [-0.3, -0.25) is 9.48 Å². The first-order chi connectivity index (χ1) is 6.93. The predicted molar refractivity (Wildman–Crippen MR) is 58.3 cm³/mol. The Balaban J connectivity index is 2.77. The lowest BCUT2D eigenvalue weighted by Crippen LogP contribution is -2.10. The molecule has 0 fully saturated rings. The minimum absolute atomic E-state index is 0.0623. The SMILES string of the molecule is Cc1nn(C(C)CCC(=O)O)c(C)c1Cl. The fourth-order valence-electron chi connectivity index (χ4n) is 1.53. The molecule has 0 aliphatic carbocycles. The fraction of sp³-hybridized carbons (Fsp3) is 0.600. The summed E-state index contributed by atoms with van der Waals surface area (Å²) in [5.74, 6) is -0.783. The molecule has 0 saturated heterocycles. The van der Waals surface area contributed by atoms with Crippen LogP contribution in [0.5, 0.6) is 0 Å². The van der Waals surface area contributed by atoms with Crippen LogP contribution in [0.4, 0.5) is 0 Å². The standard InChI is InChI=1S/C10H15ClN2O2/c1-6(4-5-9(14)15)13-8(3)10(11)7(2)12-13/h6H,4-5H2,1-3H3,(H,14,15). The van der Waals surface area contributed by atoms with Crippen molar-refractivity contribution >= 4 is 17.6 Å². The van der Waals surface area contributed by atoms with E-state index < -0.39 is 5.97 Å². The zero-order valence-corrected chi connectivity index (χ0v) is 9.88. The molecule has 1 N–H and O–H groups in total. The lowest BCUT2D eigenvalue weighted by molar-refractivity contribution is -0.137. The quantitative estimate of drug-likeness (QED) is 0.865. The molecule has 1 atom stereocenters. The molecule has 1 aromatic rings. The van der Waals surface area contributed by atoms with Gasteiger partial charge < -0.3 is 5.11 Å². The minimum Gasteiger partial charge on any atom is -0.481 e. The Morgan fingerprint density at radius 1 is 1.60 bits per heavy atom. The lowest BCUT2D eigenvalue weighted by Gasteiger charge is -2.12. The highest BCUT2D eigenvalue weighted by Crippen LogP contribution is 2.23. The molecule has 1 unspecified atom stereocenters. The normalized spacial score (nSPS) is 12.8. The predicted octanol–water partition coefficient (Wildman–Crippen LogP) is 2.58. The molecule has 0 amide bonds. The van der Waals surface area contributed by atoms with Crippen LogP contribution in [-0.2, 0) is 4.79 Å². The van der Waals surface area contributed by atoms with Crippen LogP contribution in [0.25, 0.3) is 0 Å². The van der Waals surface area contributed by atoms with Crippen molar-refractivity contribution in [3.63, 3.8) is 0 Å². The van der Waals surface area contributed by atoms with Gasteiger partial charge in [0.2, 0.25) is 0 Å². The van der Waals surface area contributed by atoms with E-state index in [1.807, 2.05) is 20.8 Å². The summed E-state index contributed by atoms with van der Waals surface area (Å²) < 4.78 is 1.79. The van der Waals surface area contributed by atoms with Crippen LogP contribution in [-0.4, -0.2) is 20.9 Å². The number of carboxylic acids is 1. The largest absolute Gasteiger partial charge is 0.481 e. The number of hydrogen-bond acceptors (Lipinski definition) is 2. The average molecular weight is 231 g/mol. The Bertz CT molecular complexity index is 374. The number of carbonyl (C=O) groups is 1. The summed E-state index contributed by atoms with van der Waals surface area (Å²) in [6.45, 7) is 5.67. The van der Waals surface area contributed by atoms with Gasteiger partial charge in [-0.05, 0) is 27.2 Å². The van der Waals surface area contributed by atoms with Crippen LogP contribution < -0.4 is 0 Å². The van der Waals surface area contributed by atoms with Gasteiger partial charge in [0.25, 0.3) is 0 Å². The number of rotatable bonds is 4. The molecule has 15 heavy (non-hydrogen) atoms. The second kappa shape index (κ2) is 4.66. The number of carboxylic acid groups (broad SMARTS) is 1. The van der Waals surface area contributed by atoms with Crippen molar-refractivity contribution in [1.29, 1.82) is 0 Å². The molecule has 0 spiro atoms. The van der Waals surface area contributed by atoms with E-state index in [9.17, 15) is 4.79 Å². The third-order valence-corrected chi connectivity index (χ3v) is 2.98. The summed E-state index contributed by atoms with van der Waals surface area (Å²) in [5.41, 5.74) is 1.68. The van der Waals surface area contributed by atoms with Crippen LogP contribution in [0.15, 0.2) is 0 Å². The van der Waals surface area contributed by atoms with Crippen molar-refractivity contribution in [2.45, 2.75) is 39.7 Å². The molecule has 1 aromatic heterocycles. The second-order valence-corrected chi connectivity index (χ2v) is 4.09. The highest BCUT2D eigenvalue weighted by Gasteiger charge is 2.14. The summed E-state index contributed by atoms with van der Waals surface area (Å²) in [6, 6.07) is 0.0623. The zero-order valence-electron chi connectivity index (χ0n) is 9.12. The maximum absolute atomic E-state index is 10.4. The molecule has 0 saturated carbocycles. The number of halogens is 1. The summed E-state index contributed by atoms with van der Waals surface area (Å²) in [6.07, 6.45) is 0.713. The Hall–Kier alpha value is -1.03. The van der Waals surface area contributed by atoms with E-state index in [4.69, 9.17) is 16.7 Å². The van der Waals surface area contributed by atoms with E-state index in [-0.39, 0.29) is 12.5 Å². The van der Waals surface area contributed by atoms with E-state index in [1.54, 1.807) is 4.68 Å². The van der Waals surface area contributed by atoms with Crippen molar-refractivity contribution in [2.24, 2.45) is 0 Å². The molecule has 4 nitrogen and oxygen atoms in total. The van der Waals surface area contributed by atoms with Gasteiger partial charge in [0.15, 0.2) is 0 Å². The molecular formula is C10H15ClN2O2. The van der Waals surface area contributed by atoms with Crippen molar-refractivity contribution in [1.82, 2.24) is 9.78 Å². The Labute approximate surface area is 93.9 Å². The Morgan fingerprint density at radius 3 is 2.60 bits per heavy atom. The first kappa shape index (κ1) is 12.0. The number of hydrogen-bond donors (Lipinski definition) is 1. The maximum Gasteiger partial charge on any atom is 0.303 e. The summed E-state index contributed by atoms with van der Waals surface area (Å²) in [5, 5.41) is 13.5. The van der Waals surface area contributed by atoms with Gasteiger partial charge in [-0.15, -0.1) is 0 Å². The minimum atomic E-state index is -0.783. The third kappa shape index (κ3) is 2.72. The average Bonchev–Trinajstić information content (AvgIpc) is 2.42. The van der Waals surface area contributed by atoms with E-state index in [2.05, 4.69) is 5.10 Å². The summed E-state index contributed by atoms with van der Waals surface area (Å²) >= 11 is 6.01. The molecule has 84 valence electrons. The van der Waals surface area contributed by atoms with Crippen LogP contribution in [0.1, 0.15) is 37.2 Å². The highest BCUT2D eigenvalue weighted by atomic mass is 35.5. The number of aliphatic carboxylic acids is 1. The molecule has 0 aliphatic rings. The number of aromatic nitrogens is 2. The van der Waals surface area contributed by atoms with E-state index in [0.29, 0.717) is 11.4 Å². The van der Waals surface area contributed by atoms with Crippen LogP contribution in [0.2, 0.25) is 5.02 Å². The molecular weight excluding hydrogens is 216 g/mol. The van der Waals surface area contributed by atoms with Crippen molar-refractivity contribution < 1.29 is 9.90 Å². The van der Waals surface area contributed by atoms with Crippen molar-refractivity contribution in [3.8, 4) is 0 Å². The van der Waals surface area contributed by atoms with E-state index >= 15 is 0 Å². The van der Waals surface area contributed by atoms with Gasteiger partial charge in [-0.25, -0.2) is 0 Å². The van der Waals surface area contributed by atoms with Crippen LogP contribution >= 0.6 is 11.6 Å². The molecule has 1 heterocycles. The van der Waals surface area contributed by atoms with Gasteiger partial charge >= 0.3 is 5.97 Å². The van der Waals surface area contributed by atoms with Crippen LogP contribution in [0.3, 0.4) is 0 Å². The zero-order chi connectivity index (χ0) is 11.6. The van der Waals surface area contributed by atoms with Gasteiger partial charge in [0, 0.05) is 12.5 Å². The molecule has 0 bridgehead atoms. The van der Waals surface area contributed by atoms with Gasteiger partial charge in [-0.2, -0.15) is 5.10 Å². The smallest absolute Gasteiger partial charge is 0.303 e. The van der Waals surface area contributed by atoms with Crippen molar-refractivity contribution in [2.75, 3.05) is 0 Å². The Morgan fingerprint density at radius 2 is 2.20 bits per heavy atom. The summed E-state index contributed by atoms with van der Waals surface area (Å²) in [4.78, 5) is 10.4.